The van der Waals surface area contributed by atoms with Crippen LogP contribution in [0.3, 0.4) is 0 Å². The number of thiazole rings is 1. The number of nitrogens with two attached hydrogens (primary N) is 1. The van der Waals surface area contributed by atoms with Gasteiger partial charge in [-0.15, -0.1) is 11.3 Å². The Morgan fingerprint density at radius 2 is 2.29 bits per heavy atom. The molecule has 0 radical (unpaired) electrons. The van der Waals surface area contributed by atoms with E-state index in [4.69, 9.17) is 5.73 Å². The van der Waals surface area contributed by atoms with Crippen LogP contribution < -0.4 is 11.1 Å². The average molecular weight is 211 g/mol. The second-order valence-corrected chi connectivity index (χ2v) is 5.04. The first-order valence-corrected chi connectivity index (χ1v) is 6.05. The van der Waals surface area contributed by atoms with E-state index in [1.807, 2.05) is 6.92 Å². The number of nitrogens with one attached hydrogen (secondary N) is 1. The van der Waals surface area contributed by atoms with Crippen LogP contribution in [0.5, 0.6) is 0 Å². The third-order valence-electron chi connectivity index (χ3n) is 2.42. The summed E-state index contributed by atoms with van der Waals surface area (Å²) in [5.74, 6) is 0. The molecule has 1 heterocycles. The van der Waals surface area contributed by atoms with Crippen molar-refractivity contribution in [2.45, 2.75) is 38.6 Å². The summed E-state index contributed by atoms with van der Waals surface area (Å²) in [6, 6.07) is 0.191. The zero-order chi connectivity index (χ0) is 9.97. The smallest absolute Gasteiger partial charge is 0.183 e. The first-order valence-electron chi connectivity index (χ1n) is 5.24. The number of rotatable bonds is 3. The summed E-state index contributed by atoms with van der Waals surface area (Å²) in [5.41, 5.74) is 6.99. The van der Waals surface area contributed by atoms with Crippen LogP contribution >= 0.6 is 11.3 Å². The lowest BCUT2D eigenvalue weighted by Crippen LogP contribution is -2.25. The molecule has 0 fully saturated rings. The van der Waals surface area contributed by atoms with Crippen LogP contribution in [0.25, 0.3) is 0 Å². The highest BCUT2D eigenvalue weighted by Gasteiger charge is 2.14. The largest absolute Gasteiger partial charge is 0.360 e. The van der Waals surface area contributed by atoms with Crippen molar-refractivity contribution in [3.8, 4) is 0 Å². The first-order chi connectivity index (χ1) is 6.75. The Kier molecular flexibility index (Phi) is 3.03. The summed E-state index contributed by atoms with van der Waals surface area (Å²) < 4.78 is 0. The topological polar surface area (TPSA) is 50.9 Å². The number of hydrogen-bond donors (Lipinski definition) is 2. The molecular formula is C10H17N3S. The molecule has 0 bridgehead atoms. The van der Waals surface area contributed by atoms with Crippen LogP contribution in [0.2, 0.25) is 0 Å². The van der Waals surface area contributed by atoms with Crippen molar-refractivity contribution >= 4 is 16.5 Å². The maximum absolute atomic E-state index is 5.68. The Labute approximate surface area is 88.7 Å². The van der Waals surface area contributed by atoms with Crippen molar-refractivity contribution in [1.82, 2.24) is 4.98 Å². The molecular weight excluding hydrogens is 194 g/mol. The van der Waals surface area contributed by atoms with E-state index in [9.17, 15) is 0 Å². The average Bonchev–Trinajstić information content (AvgIpc) is 2.57. The van der Waals surface area contributed by atoms with Gasteiger partial charge in [-0.2, -0.15) is 0 Å². The van der Waals surface area contributed by atoms with Crippen LogP contribution in [0.15, 0.2) is 0 Å². The number of nitrogens with zero attached hydrogens (tertiary/aromatic N) is 1. The lowest BCUT2D eigenvalue weighted by molar-refractivity contribution is 0.682. The van der Waals surface area contributed by atoms with Crippen LogP contribution in [0.4, 0.5) is 5.13 Å². The van der Waals surface area contributed by atoms with E-state index in [0.717, 1.165) is 18.1 Å². The summed E-state index contributed by atoms with van der Waals surface area (Å²) in [7, 11) is 0. The highest BCUT2D eigenvalue weighted by atomic mass is 32.1. The van der Waals surface area contributed by atoms with Gasteiger partial charge in [0.15, 0.2) is 5.13 Å². The highest BCUT2D eigenvalue weighted by Crippen LogP contribution is 2.29. The summed E-state index contributed by atoms with van der Waals surface area (Å²) in [5, 5.41) is 4.33. The molecule has 0 aliphatic heterocycles. The number of aryl methyl sites for hydroxylation is 2. The number of aromatic nitrogens is 1. The van der Waals surface area contributed by atoms with Gasteiger partial charge in [0, 0.05) is 17.5 Å². The zero-order valence-electron chi connectivity index (χ0n) is 8.55. The number of anilines is 1. The van der Waals surface area contributed by atoms with Gasteiger partial charge in [-0.3, -0.25) is 0 Å². The molecule has 1 aromatic rings. The van der Waals surface area contributed by atoms with Gasteiger partial charge in [0.05, 0.1) is 5.69 Å². The predicted molar refractivity (Wildman–Crippen MR) is 60.9 cm³/mol. The zero-order valence-corrected chi connectivity index (χ0v) is 9.36. The van der Waals surface area contributed by atoms with Crippen molar-refractivity contribution in [2.24, 2.45) is 5.73 Å². The second kappa shape index (κ2) is 4.28. The molecule has 2 rings (SSSR count). The Morgan fingerprint density at radius 1 is 1.50 bits per heavy atom. The van der Waals surface area contributed by atoms with Crippen LogP contribution in [-0.2, 0) is 12.8 Å². The minimum absolute atomic E-state index is 0.191. The monoisotopic (exact) mass is 211 g/mol. The minimum Gasteiger partial charge on any atom is -0.360 e. The molecule has 0 spiro atoms. The molecule has 1 aliphatic rings. The number of hydrogen-bond acceptors (Lipinski definition) is 4. The van der Waals surface area contributed by atoms with Crippen LogP contribution in [0, 0.1) is 0 Å². The van der Waals surface area contributed by atoms with Gasteiger partial charge < -0.3 is 11.1 Å². The van der Waals surface area contributed by atoms with Gasteiger partial charge in [0.2, 0.25) is 0 Å². The Bertz CT molecular complexity index is 283. The van der Waals surface area contributed by atoms with E-state index in [0.29, 0.717) is 0 Å². The van der Waals surface area contributed by atoms with Gasteiger partial charge >= 0.3 is 0 Å². The molecule has 1 aliphatic carbocycles. The molecule has 1 atom stereocenters. The Hall–Kier alpha value is -0.610. The van der Waals surface area contributed by atoms with Gasteiger partial charge in [-0.05, 0) is 32.6 Å². The van der Waals surface area contributed by atoms with Crippen LogP contribution in [0.1, 0.15) is 30.3 Å². The van der Waals surface area contributed by atoms with Gasteiger partial charge in [-0.1, -0.05) is 0 Å². The highest BCUT2D eigenvalue weighted by molar-refractivity contribution is 7.15. The van der Waals surface area contributed by atoms with Crippen molar-refractivity contribution in [3.63, 3.8) is 0 Å². The van der Waals surface area contributed by atoms with Gasteiger partial charge in [0.1, 0.15) is 0 Å². The standard InChI is InChI=1S/C10H17N3S/c1-7(11)6-12-10-13-8-4-2-3-5-9(8)14-10/h7H,2-6,11H2,1H3,(H,12,13). The molecule has 0 aromatic carbocycles. The van der Waals surface area contributed by atoms with Crippen molar-refractivity contribution in [2.75, 3.05) is 11.9 Å². The minimum atomic E-state index is 0.191. The molecule has 4 heteroatoms. The second-order valence-electron chi connectivity index (χ2n) is 3.95. The fourth-order valence-corrected chi connectivity index (χ4v) is 2.73. The fraction of sp³-hybridized carbons (Fsp3) is 0.700. The summed E-state index contributed by atoms with van der Waals surface area (Å²) in [4.78, 5) is 6.05. The van der Waals surface area contributed by atoms with E-state index in [1.54, 1.807) is 11.3 Å². The van der Waals surface area contributed by atoms with Crippen LogP contribution in [-0.4, -0.2) is 17.6 Å². The van der Waals surface area contributed by atoms with Crippen molar-refractivity contribution in [3.05, 3.63) is 10.6 Å². The Morgan fingerprint density at radius 3 is 3.00 bits per heavy atom. The summed E-state index contributed by atoms with van der Waals surface area (Å²) in [6.45, 7) is 2.81. The Balaban J connectivity index is 2.01. The van der Waals surface area contributed by atoms with E-state index in [1.165, 1.54) is 29.8 Å². The molecule has 3 N–H and O–H groups in total. The first kappa shape index (κ1) is 9.93. The summed E-state index contributed by atoms with van der Waals surface area (Å²) in [6.07, 6.45) is 4.99. The third-order valence-corrected chi connectivity index (χ3v) is 3.54. The molecule has 1 aromatic heterocycles. The number of fused-ring (bicyclic) bond motifs is 1. The van der Waals surface area contributed by atoms with E-state index in [2.05, 4.69) is 10.3 Å². The molecule has 0 saturated carbocycles. The van der Waals surface area contributed by atoms with Crippen molar-refractivity contribution in [1.29, 1.82) is 0 Å². The third kappa shape index (κ3) is 2.25. The SMILES string of the molecule is CC(N)CNc1nc2c(s1)CCCC2. The van der Waals surface area contributed by atoms with E-state index < -0.39 is 0 Å². The molecule has 78 valence electrons. The molecule has 3 nitrogen and oxygen atoms in total. The van der Waals surface area contributed by atoms with E-state index in [-0.39, 0.29) is 6.04 Å². The normalized spacial score (nSPS) is 17.6. The van der Waals surface area contributed by atoms with E-state index >= 15 is 0 Å². The molecule has 0 amide bonds. The van der Waals surface area contributed by atoms with Crippen molar-refractivity contribution < 1.29 is 0 Å². The lowest BCUT2D eigenvalue weighted by atomic mass is 10.0. The summed E-state index contributed by atoms with van der Waals surface area (Å²) >= 11 is 1.80. The maximum Gasteiger partial charge on any atom is 0.183 e. The maximum atomic E-state index is 5.68. The predicted octanol–water partition coefficient (Wildman–Crippen LogP) is 1.78. The quantitative estimate of drug-likeness (QED) is 0.801. The lowest BCUT2D eigenvalue weighted by Gasteiger charge is -2.06. The molecule has 1 unspecified atom stereocenters. The molecule has 14 heavy (non-hydrogen) atoms. The molecule has 0 saturated heterocycles. The van der Waals surface area contributed by atoms with Gasteiger partial charge in [-0.25, -0.2) is 4.98 Å². The van der Waals surface area contributed by atoms with Gasteiger partial charge in [0.25, 0.3) is 0 Å². The fourth-order valence-electron chi connectivity index (χ4n) is 1.68.